The highest BCUT2D eigenvalue weighted by Gasteiger charge is 2.18. The normalized spacial score (nSPS) is 11.1. The first-order valence-electron chi connectivity index (χ1n) is 8.61. The van der Waals surface area contributed by atoms with Crippen molar-refractivity contribution in [1.82, 2.24) is 9.38 Å². The van der Waals surface area contributed by atoms with Gasteiger partial charge in [0.2, 0.25) is 0 Å². The minimum Gasteiger partial charge on any atom is -0.496 e. The fraction of sp³-hybridized carbons (Fsp3) is 0.136. The monoisotopic (exact) mass is 440 g/mol. The average Bonchev–Trinajstić information content (AvgIpc) is 3.01. The summed E-state index contributed by atoms with van der Waals surface area (Å²) in [5, 5.41) is 0.700. The number of benzene rings is 2. The molecule has 0 amide bonds. The van der Waals surface area contributed by atoms with Crippen LogP contribution in [0, 0.1) is 6.92 Å². The molecule has 0 unspecified atom stereocenters. The second-order valence-electron chi connectivity index (χ2n) is 6.44. The van der Waals surface area contributed by atoms with Gasteiger partial charge in [-0.1, -0.05) is 41.9 Å². The van der Waals surface area contributed by atoms with Crippen LogP contribution < -0.4 is 4.74 Å². The first kappa shape index (κ1) is 18.1. The van der Waals surface area contributed by atoms with Crippen LogP contribution >= 0.6 is 27.5 Å². The molecule has 4 rings (SSSR count). The van der Waals surface area contributed by atoms with Crippen LogP contribution in [0.1, 0.15) is 16.8 Å². The van der Waals surface area contributed by atoms with Crippen LogP contribution in [-0.2, 0) is 6.42 Å². The van der Waals surface area contributed by atoms with E-state index in [0.717, 1.165) is 43.9 Å². The second kappa shape index (κ2) is 7.37. The van der Waals surface area contributed by atoms with Gasteiger partial charge in [0.05, 0.1) is 18.5 Å². The minimum absolute atomic E-state index is 0.697. The van der Waals surface area contributed by atoms with Gasteiger partial charge in [0.15, 0.2) is 0 Å². The number of methoxy groups -OCH3 is 1. The molecule has 0 saturated carbocycles. The molecule has 5 heteroatoms. The number of hydrogen-bond acceptors (Lipinski definition) is 2. The Balaban J connectivity index is 1.97. The standard InChI is InChI=1S/C22H18BrClN2O/c1-14-10-17(23)13-26-19(12-15-6-3-4-9-20(15)27-2)21(25-22(14)26)16-7-5-8-18(24)11-16/h3-11,13H,12H2,1-2H3. The third kappa shape index (κ3) is 3.47. The Kier molecular flexibility index (Phi) is 4.94. The molecule has 0 spiro atoms. The highest BCUT2D eigenvalue weighted by atomic mass is 79.9. The van der Waals surface area contributed by atoms with E-state index in [1.54, 1.807) is 7.11 Å². The van der Waals surface area contributed by atoms with Gasteiger partial charge in [-0.25, -0.2) is 4.98 Å². The molecule has 0 radical (unpaired) electrons. The minimum atomic E-state index is 0.697. The van der Waals surface area contributed by atoms with Crippen LogP contribution in [0.5, 0.6) is 5.75 Å². The summed E-state index contributed by atoms with van der Waals surface area (Å²) in [6.45, 7) is 2.07. The molecule has 0 atom stereocenters. The van der Waals surface area contributed by atoms with Crippen molar-refractivity contribution in [2.75, 3.05) is 7.11 Å². The quantitative estimate of drug-likeness (QED) is 0.370. The van der Waals surface area contributed by atoms with Crippen molar-refractivity contribution >= 4 is 33.2 Å². The number of aromatic nitrogens is 2. The molecule has 0 saturated heterocycles. The lowest BCUT2D eigenvalue weighted by atomic mass is 10.0. The Morgan fingerprint density at radius 3 is 2.70 bits per heavy atom. The van der Waals surface area contributed by atoms with Gasteiger partial charge in [-0.15, -0.1) is 0 Å². The molecule has 0 aliphatic heterocycles. The van der Waals surface area contributed by atoms with Crippen LogP contribution in [0.25, 0.3) is 16.9 Å². The van der Waals surface area contributed by atoms with E-state index in [-0.39, 0.29) is 0 Å². The molecular formula is C22H18BrClN2O. The summed E-state index contributed by atoms with van der Waals surface area (Å²) in [6, 6.07) is 18.0. The number of imidazole rings is 1. The molecule has 0 fully saturated rings. The zero-order valence-corrected chi connectivity index (χ0v) is 17.4. The van der Waals surface area contributed by atoms with E-state index in [9.17, 15) is 0 Å². The Hall–Kier alpha value is -2.30. The van der Waals surface area contributed by atoms with E-state index in [4.69, 9.17) is 21.3 Å². The van der Waals surface area contributed by atoms with Crippen molar-refractivity contribution in [2.45, 2.75) is 13.3 Å². The first-order chi connectivity index (χ1) is 13.1. The SMILES string of the molecule is COc1ccccc1Cc1c(-c2cccc(Cl)c2)nc2c(C)cc(Br)cn12. The van der Waals surface area contributed by atoms with Crippen molar-refractivity contribution in [2.24, 2.45) is 0 Å². The number of para-hydroxylation sites is 1. The Morgan fingerprint density at radius 2 is 1.93 bits per heavy atom. The second-order valence-corrected chi connectivity index (χ2v) is 7.79. The molecule has 0 N–H and O–H groups in total. The van der Waals surface area contributed by atoms with Gasteiger partial charge >= 0.3 is 0 Å². The molecule has 27 heavy (non-hydrogen) atoms. The van der Waals surface area contributed by atoms with Gasteiger partial charge in [0, 0.05) is 33.2 Å². The Labute approximate surface area is 171 Å². The molecule has 2 aromatic heterocycles. The summed E-state index contributed by atoms with van der Waals surface area (Å²) < 4.78 is 8.73. The summed E-state index contributed by atoms with van der Waals surface area (Å²) in [6.07, 6.45) is 2.76. The predicted molar refractivity (Wildman–Crippen MR) is 114 cm³/mol. The van der Waals surface area contributed by atoms with E-state index in [1.165, 1.54) is 0 Å². The van der Waals surface area contributed by atoms with Crippen molar-refractivity contribution < 1.29 is 4.74 Å². The van der Waals surface area contributed by atoms with E-state index < -0.39 is 0 Å². The lowest BCUT2D eigenvalue weighted by molar-refractivity contribution is 0.410. The van der Waals surface area contributed by atoms with Crippen molar-refractivity contribution in [3.05, 3.63) is 87.1 Å². The number of halogens is 2. The molecule has 4 aromatic rings. The van der Waals surface area contributed by atoms with Crippen molar-refractivity contribution in [1.29, 1.82) is 0 Å². The lowest BCUT2D eigenvalue weighted by Gasteiger charge is -2.10. The highest BCUT2D eigenvalue weighted by molar-refractivity contribution is 9.10. The van der Waals surface area contributed by atoms with E-state index in [1.807, 2.05) is 42.5 Å². The number of ether oxygens (including phenoxy) is 1. The molecule has 0 bridgehead atoms. The number of rotatable bonds is 4. The highest BCUT2D eigenvalue weighted by Crippen LogP contribution is 2.32. The Morgan fingerprint density at radius 1 is 1.11 bits per heavy atom. The number of pyridine rings is 1. The van der Waals surface area contributed by atoms with Crippen molar-refractivity contribution in [3.8, 4) is 17.0 Å². The predicted octanol–water partition coefficient (Wildman–Crippen LogP) is 6.33. The molecule has 0 aliphatic carbocycles. The smallest absolute Gasteiger partial charge is 0.140 e. The van der Waals surface area contributed by atoms with E-state index in [2.05, 4.69) is 45.6 Å². The number of aryl methyl sites for hydroxylation is 1. The topological polar surface area (TPSA) is 26.5 Å². The molecule has 3 nitrogen and oxygen atoms in total. The van der Waals surface area contributed by atoms with Gasteiger partial charge < -0.3 is 9.14 Å². The summed E-state index contributed by atoms with van der Waals surface area (Å²) in [5.74, 6) is 0.871. The van der Waals surface area contributed by atoms with E-state index in [0.29, 0.717) is 11.4 Å². The molecular weight excluding hydrogens is 424 g/mol. The number of hydrogen-bond donors (Lipinski definition) is 0. The van der Waals surface area contributed by atoms with Gasteiger partial charge in [0.1, 0.15) is 11.4 Å². The Bertz CT molecular complexity index is 1140. The average molecular weight is 442 g/mol. The zero-order valence-electron chi connectivity index (χ0n) is 15.0. The zero-order chi connectivity index (χ0) is 19.0. The maximum absolute atomic E-state index is 6.25. The third-order valence-corrected chi connectivity index (χ3v) is 5.29. The maximum atomic E-state index is 6.25. The molecule has 2 aromatic carbocycles. The summed E-state index contributed by atoms with van der Waals surface area (Å²) in [5.41, 5.74) is 6.21. The number of nitrogens with zero attached hydrogens (tertiary/aromatic N) is 2. The third-order valence-electron chi connectivity index (χ3n) is 4.62. The van der Waals surface area contributed by atoms with Gasteiger partial charge in [-0.2, -0.15) is 0 Å². The first-order valence-corrected chi connectivity index (χ1v) is 9.79. The maximum Gasteiger partial charge on any atom is 0.140 e. The summed E-state index contributed by atoms with van der Waals surface area (Å²) >= 11 is 9.86. The van der Waals surface area contributed by atoms with Gasteiger partial charge in [0.25, 0.3) is 0 Å². The van der Waals surface area contributed by atoms with Crippen LogP contribution in [0.4, 0.5) is 0 Å². The fourth-order valence-corrected chi connectivity index (χ4v) is 4.12. The molecule has 0 aliphatic rings. The van der Waals surface area contributed by atoms with Crippen LogP contribution in [0.2, 0.25) is 5.02 Å². The van der Waals surface area contributed by atoms with Crippen LogP contribution in [0.15, 0.2) is 65.3 Å². The van der Waals surface area contributed by atoms with Crippen molar-refractivity contribution in [3.63, 3.8) is 0 Å². The molecule has 2 heterocycles. The lowest BCUT2D eigenvalue weighted by Crippen LogP contribution is -1.99. The molecule has 136 valence electrons. The largest absolute Gasteiger partial charge is 0.496 e. The van der Waals surface area contributed by atoms with Gasteiger partial charge in [-0.3, -0.25) is 0 Å². The summed E-state index contributed by atoms with van der Waals surface area (Å²) in [7, 11) is 1.70. The number of fused-ring (bicyclic) bond motifs is 1. The van der Waals surface area contributed by atoms with Crippen LogP contribution in [0.3, 0.4) is 0 Å². The summed E-state index contributed by atoms with van der Waals surface area (Å²) in [4.78, 5) is 4.96. The van der Waals surface area contributed by atoms with E-state index >= 15 is 0 Å². The fourth-order valence-electron chi connectivity index (χ4n) is 3.38. The van der Waals surface area contributed by atoms with Gasteiger partial charge in [-0.05, 0) is 52.7 Å². The van der Waals surface area contributed by atoms with Crippen LogP contribution in [-0.4, -0.2) is 16.5 Å².